The molecule has 1 aromatic heterocycles. The first-order valence-electron chi connectivity index (χ1n) is 11.4. The molecule has 3 aromatic rings. The van der Waals surface area contributed by atoms with Crippen LogP contribution in [0.4, 0.5) is 5.13 Å². The molecular weight excluding hydrogens is 418 g/mol. The van der Waals surface area contributed by atoms with Crippen LogP contribution in [0, 0.1) is 11.3 Å². The lowest BCUT2D eigenvalue weighted by molar-refractivity contribution is -0.00211. The van der Waals surface area contributed by atoms with Crippen molar-refractivity contribution < 1.29 is 9.47 Å². The van der Waals surface area contributed by atoms with Gasteiger partial charge in [0.1, 0.15) is 11.5 Å². The van der Waals surface area contributed by atoms with Crippen molar-refractivity contribution in [2.75, 3.05) is 18.0 Å². The van der Waals surface area contributed by atoms with E-state index in [1.807, 2.05) is 24.3 Å². The summed E-state index contributed by atoms with van der Waals surface area (Å²) in [5.41, 5.74) is 2.72. The van der Waals surface area contributed by atoms with E-state index in [1.54, 1.807) is 23.5 Å². The highest BCUT2D eigenvalue weighted by Gasteiger charge is 2.16. The molecule has 1 fully saturated rings. The molecule has 0 aliphatic carbocycles. The second-order valence-electron chi connectivity index (χ2n) is 8.03. The molecule has 1 aliphatic heterocycles. The molecule has 2 aromatic carbocycles. The summed E-state index contributed by atoms with van der Waals surface area (Å²) < 4.78 is 12.2. The average Bonchev–Trinajstić information content (AvgIpc) is 3.34. The zero-order valence-corrected chi connectivity index (χ0v) is 19.3. The first-order chi connectivity index (χ1) is 15.7. The first kappa shape index (κ1) is 22.2. The van der Waals surface area contributed by atoms with E-state index in [1.165, 1.54) is 19.3 Å². The van der Waals surface area contributed by atoms with Crippen molar-refractivity contribution in [3.8, 4) is 28.8 Å². The van der Waals surface area contributed by atoms with Crippen LogP contribution >= 0.6 is 11.3 Å². The van der Waals surface area contributed by atoms with Gasteiger partial charge in [0.15, 0.2) is 5.13 Å². The van der Waals surface area contributed by atoms with Gasteiger partial charge in [-0.05, 0) is 74.2 Å². The number of unbranched alkanes of at least 4 members (excludes halogenated alkanes) is 1. The standard InChI is InChI=1S/C26H29N3O2S/c1-2-3-7-25(30-22-12-8-20(18-27)9-13-22)31-23-14-10-21(11-15-23)24-19-32-26(28-24)29-16-5-4-6-17-29/h8-15,19,25H,2-7,16-17H2,1H3. The Kier molecular flexibility index (Phi) is 7.63. The highest BCUT2D eigenvalue weighted by molar-refractivity contribution is 7.14. The number of hydrogen-bond acceptors (Lipinski definition) is 6. The lowest BCUT2D eigenvalue weighted by Gasteiger charge is -2.25. The maximum atomic E-state index is 8.97. The molecule has 0 radical (unpaired) electrons. The number of nitriles is 1. The summed E-state index contributed by atoms with van der Waals surface area (Å²) in [7, 11) is 0. The zero-order valence-electron chi connectivity index (χ0n) is 18.5. The quantitative estimate of drug-likeness (QED) is 0.344. The lowest BCUT2D eigenvalue weighted by atomic mass is 10.1. The molecule has 0 bridgehead atoms. The first-order valence-corrected chi connectivity index (χ1v) is 12.3. The molecule has 2 heterocycles. The molecule has 0 saturated carbocycles. The molecule has 1 saturated heterocycles. The van der Waals surface area contributed by atoms with Crippen LogP contribution in [0.1, 0.15) is 51.0 Å². The Balaban J connectivity index is 1.41. The molecule has 166 valence electrons. The van der Waals surface area contributed by atoms with Gasteiger partial charge in [-0.3, -0.25) is 0 Å². The maximum absolute atomic E-state index is 8.97. The summed E-state index contributed by atoms with van der Waals surface area (Å²) >= 11 is 1.72. The molecule has 0 amide bonds. The minimum atomic E-state index is -0.376. The number of nitrogens with zero attached hydrogens (tertiary/aromatic N) is 3. The largest absolute Gasteiger partial charge is 0.455 e. The number of hydrogen-bond donors (Lipinski definition) is 0. The van der Waals surface area contributed by atoms with Crippen molar-refractivity contribution in [1.82, 2.24) is 4.98 Å². The maximum Gasteiger partial charge on any atom is 0.241 e. The number of anilines is 1. The van der Waals surface area contributed by atoms with Gasteiger partial charge in [-0.25, -0.2) is 4.98 Å². The highest BCUT2D eigenvalue weighted by Crippen LogP contribution is 2.30. The SMILES string of the molecule is CCCCC(Oc1ccc(C#N)cc1)Oc1ccc(-c2csc(N3CCCCC3)n2)cc1. The monoisotopic (exact) mass is 447 g/mol. The summed E-state index contributed by atoms with van der Waals surface area (Å²) in [5.74, 6) is 1.48. The summed E-state index contributed by atoms with van der Waals surface area (Å²) in [5, 5.41) is 12.2. The van der Waals surface area contributed by atoms with Crippen molar-refractivity contribution in [2.45, 2.75) is 51.7 Å². The van der Waals surface area contributed by atoms with Crippen LogP contribution in [0.3, 0.4) is 0 Å². The average molecular weight is 448 g/mol. The van der Waals surface area contributed by atoms with Crippen molar-refractivity contribution in [1.29, 1.82) is 5.26 Å². The zero-order chi connectivity index (χ0) is 22.2. The minimum absolute atomic E-state index is 0.376. The van der Waals surface area contributed by atoms with Gasteiger partial charge < -0.3 is 14.4 Å². The van der Waals surface area contributed by atoms with Gasteiger partial charge in [0, 0.05) is 30.5 Å². The van der Waals surface area contributed by atoms with Gasteiger partial charge >= 0.3 is 0 Å². The Morgan fingerprint density at radius 2 is 1.66 bits per heavy atom. The number of thiazole rings is 1. The van der Waals surface area contributed by atoms with Gasteiger partial charge in [-0.15, -0.1) is 11.3 Å². The Labute approximate surface area is 194 Å². The smallest absolute Gasteiger partial charge is 0.241 e. The van der Waals surface area contributed by atoms with Crippen LogP contribution in [0.5, 0.6) is 11.5 Å². The van der Waals surface area contributed by atoms with Crippen LogP contribution in [0.15, 0.2) is 53.9 Å². The number of aromatic nitrogens is 1. The number of rotatable bonds is 9. The predicted molar refractivity (Wildman–Crippen MR) is 129 cm³/mol. The molecule has 5 nitrogen and oxygen atoms in total. The lowest BCUT2D eigenvalue weighted by Crippen LogP contribution is -2.29. The molecule has 6 heteroatoms. The number of ether oxygens (including phenoxy) is 2. The van der Waals surface area contributed by atoms with Gasteiger partial charge in [-0.2, -0.15) is 5.26 Å². The molecule has 1 unspecified atom stereocenters. The van der Waals surface area contributed by atoms with Crippen molar-refractivity contribution in [3.05, 3.63) is 59.5 Å². The van der Waals surface area contributed by atoms with E-state index < -0.39 is 0 Å². The van der Waals surface area contributed by atoms with Crippen molar-refractivity contribution in [3.63, 3.8) is 0 Å². The van der Waals surface area contributed by atoms with Gasteiger partial charge in [-0.1, -0.05) is 13.3 Å². The van der Waals surface area contributed by atoms with Crippen molar-refractivity contribution >= 4 is 16.5 Å². The van der Waals surface area contributed by atoms with Gasteiger partial charge in [0.05, 0.1) is 17.3 Å². The van der Waals surface area contributed by atoms with E-state index in [0.717, 1.165) is 54.5 Å². The number of piperidine rings is 1. The summed E-state index contributed by atoms with van der Waals surface area (Å²) in [6, 6.07) is 17.3. The molecular formula is C26H29N3O2S. The van der Waals surface area contributed by atoms with E-state index in [9.17, 15) is 0 Å². The molecule has 32 heavy (non-hydrogen) atoms. The summed E-state index contributed by atoms with van der Waals surface area (Å²) in [4.78, 5) is 7.26. The Bertz CT molecular complexity index is 1020. The Morgan fingerprint density at radius 1 is 1.00 bits per heavy atom. The topological polar surface area (TPSA) is 58.4 Å². The summed E-state index contributed by atoms with van der Waals surface area (Å²) in [6.45, 7) is 4.37. The molecule has 1 atom stereocenters. The third-order valence-corrected chi connectivity index (χ3v) is 6.48. The van der Waals surface area contributed by atoms with E-state index in [2.05, 4.69) is 35.4 Å². The summed E-state index contributed by atoms with van der Waals surface area (Å²) in [6.07, 6.45) is 6.33. The third kappa shape index (κ3) is 5.80. The van der Waals surface area contributed by atoms with Gasteiger partial charge in [0.2, 0.25) is 6.29 Å². The van der Waals surface area contributed by atoms with Crippen molar-refractivity contribution in [2.24, 2.45) is 0 Å². The molecule has 0 spiro atoms. The minimum Gasteiger partial charge on any atom is -0.455 e. The van der Waals surface area contributed by atoms with Crippen LogP contribution in [-0.2, 0) is 0 Å². The van der Waals surface area contributed by atoms with Crippen LogP contribution in [0.25, 0.3) is 11.3 Å². The molecule has 0 N–H and O–H groups in total. The third-order valence-electron chi connectivity index (χ3n) is 5.58. The van der Waals surface area contributed by atoms with Crippen LogP contribution in [0.2, 0.25) is 0 Å². The number of benzene rings is 2. The second kappa shape index (κ2) is 11.0. The van der Waals surface area contributed by atoms with Crippen LogP contribution < -0.4 is 14.4 Å². The van der Waals surface area contributed by atoms with E-state index in [0.29, 0.717) is 11.3 Å². The molecule has 1 aliphatic rings. The van der Waals surface area contributed by atoms with Gasteiger partial charge in [0.25, 0.3) is 0 Å². The van der Waals surface area contributed by atoms with E-state index >= 15 is 0 Å². The fourth-order valence-electron chi connectivity index (χ4n) is 3.76. The normalized spacial score (nSPS) is 14.6. The fraction of sp³-hybridized carbons (Fsp3) is 0.385. The van der Waals surface area contributed by atoms with E-state index in [4.69, 9.17) is 19.7 Å². The molecule has 4 rings (SSSR count). The Morgan fingerprint density at radius 3 is 2.28 bits per heavy atom. The fourth-order valence-corrected chi connectivity index (χ4v) is 4.64. The second-order valence-corrected chi connectivity index (χ2v) is 8.87. The Hall–Kier alpha value is -3.04. The van der Waals surface area contributed by atoms with Crippen LogP contribution in [-0.4, -0.2) is 24.4 Å². The predicted octanol–water partition coefficient (Wildman–Crippen LogP) is 6.65. The van der Waals surface area contributed by atoms with E-state index in [-0.39, 0.29) is 6.29 Å². The highest BCUT2D eigenvalue weighted by atomic mass is 32.1.